The predicted molar refractivity (Wildman–Crippen MR) is 79.8 cm³/mol. The van der Waals surface area contributed by atoms with Crippen molar-refractivity contribution in [3.63, 3.8) is 0 Å². The summed E-state index contributed by atoms with van der Waals surface area (Å²) >= 11 is 5.86. The number of non-ortho nitro benzene ring substituents is 1. The van der Waals surface area contributed by atoms with Gasteiger partial charge in [0.05, 0.1) is 9.95 Å². The van der Waals surface area contributed by atoms with Crippen LogP contribution in [0.4, 0.5) is 5.69 Å². The number of halogens is 1. The van der Waals surface area contributed by atoms with Crippen LogP contribution < -0.4 is 4.72 Å². The predicted octanol–water partition coefficient (Wildman–Crippen LogP) is 2.96. The molecule has 21 heavy (non-hydrogen) atoms. The molecular formula is C13H17ClN2O4S. The van der Waals surface area contributed by atoms with Gasteiger partial charge in [-0.1, -0.05) is 24.9 Å². The smallest absolute Gasteiger partial charge is 0.258 e. The summed E-state index contributed by atoms with van der Waals surface area (Å²) in [4.78, 5) is 9.85. The van der Waals surface area contributed by atoms with Crippen LogP contribution in [-0.2, 0) is 10.0 Å². The van der Waals surface area contributed by atoms with Crippen LogP contribution in [0.3, 0.4) is 0 Å². The number of nitrogens with zero attached hydrogens (tertiary/aromatic N) is 1. The Bertz CT molecular complexity index is 648. The number of nitro groups is 1. The van der Waals surface area contributed by atoms with Crippen molar-refractivity contribution in [3.05, 3.63) is 33.3 Å². The summed E-state index contributed by atoms with van der Waals surface area (Å²) in [5.41, 5.74) is -0.297. The van der Waals surface area contributed by atoms with Crippen LogP contribution in [0.1, 0.15) is 26.2 Å². The molecule has 0 saturated heterocycles. The Kier molecular flexibility index (Phi) is 4.85. The lowest BCUT2D eigenvalue weighted by atomic mass is 10.1. The Labute approximate surface area is 128 Å². The van der Waals surface area contributed by atoms with Crippen LogP contribution in [0, 0.1) is 22.0 Å². The molecule has 0 aromatic heterocycles. The molecule has 0 spiro atoms. The minimum Gasteiger partial charge on any atom is -0.258 e. The van der Waals surface area contributed by atoms with E-state index in [9.17, 15) is 18.5 Å². The summed E-state index contributed by atoms with van der Waals surface area (Å²) in [7, 11) is -3.84. The van der Waals surface area contributed by atoms with Crippen molar-refractivity contribution >= 4 is 27.3 Å². The Morgan fingerprint density at radius 3 is 2.71 bits per heavy atom. The number of hydrogen-bond donors (Lipinski definition) is 1. The number of nitro benzene ring substituents is 1. The Balaban J connectivity index is 2.15. The fraction of sp³-hybridized carbons (Fsp3) is 0.538. The highest BCUT2D eigenvalue weighted by molar-refractivity contribution is 7.89. The highest BCUT2D eigenvalue weighted by atomic mass is 35.5. The van der Waals surface area contributed by atoms with Crippen LogP contribution in [0.15, 0.2) is 23.1 Å². The normalized spacial score (nSPS) is 22.4. The van der Waals surface area contributed by atoms with E-state index < -0.39 is 14.9 Å². The van der Waals surface area contributed by atoms with Gasteiger partial charge in [0.15, 0.2) is 0 Å². The van der Waals surface area contributed by atoms with Crippen molar-refractivity contribution in [3.8, 4) is 0 Å². The summed E-state index contributed by atoms with van der Waals surface area (Å²) in [5, 5.41) is 10.7. The van der Waals surface area contributed by atoms with Gasteiger partial charge in [-0.25, -0.2) is 13.1 Å². The van der Waals surface area contributed by atoms with Crippen molar-refractivity contribution in [2.45, 2.75) is 31.1 Å². The number of sulfonamides is 1. The van der Waals surface area contributed by atoms with Gasteiger partial charge in [0.1, 0.15) is 4.90 Å². The first-order valence-electron chi connectivity index (χ1n) is 6.73. The maximum atomic E-state index is 12.2. The first-order valence-corrected chi connectivity index (χ1v) is 8.59. The van der Waals surface area contributed by atoms with Gasteiger partial charge in [-0.05, 0) is 30.7 Å². The van der Waals surface area contributed by atoms with E-state index >= 15 is 0 Å². The molecule has 2 rings (SSSR count). The van der Waals surface area contributed by atoms with Crippen LogP contribution in [0.25, 0.3) is 0 Å². The standard InChI is InChI=1S/C13H17ClN2O4S/c1-9-2-3-10(6-9)8-15-21(19,20)13-7-11(16(17)18)4-5-12(13)14/h4-5,7,9-10,15H,2-3,6,8H2,1H3. The fourth-order valence-corrected chi connectivity index (χ4v) is 4.26. The lowest BCUT2D eigenvalue weighted by Crippen LogP contribution is -2.29. The molecule has 8 heteroatoms. The van der Waals surface area contributed by atoms with E-state index in [4.69, 9.17) is 11.6 Å². The number of rotatable bonds is 5. The second kappa shape index (κ2) is 6.29. The molecule has 2 atom stereocenters. The van der Waals surface area contributed by atoms with Crippen molar-refractivity contribution in [1.29, 1.82) is 0 Å². The van der Waals surface area contributed by atoms with Crippen molar-refractivity contribution in [2.75, 3.05) is 6.54 Å². The molecule has 0 amide bonds. The highest BCUT2D eigenvalue weighted by Crippen LogP contribution is 2.30. The average molecular weight is 333 g/mol. The van der Waals surface area contributed by atoms with Crippen molar-refractivity contribution in [1.82, 2.24) is 4.72 Å². The van der Waals surface area contributed by atoms with Gasteiger partial charge in [0.25, 0.3) is 5.69 Å². The highest BCUT2D eigenvalue weighted by Gasteiger charge is 2.25. The van der Waals surface area contributed by atoms with E-state index in [1.165, 1.54) is 12.1 Å². The van der Waals surface area contributed by atoms with Crippen molar-refractivity contribution < 1.29 is 13.3 Å². The first kappa shape index (κ1) is 16.2. The van der Waals surface area contributed by atoms with Gasteiger partial charge in [-0.3, -0.25) is 10.1 Å². The first-order chi connectivity index (χ1) is 9.79. The average Bonchev–Trinajstić information content (AvgIpc) is 2.82. The zero-order valence-corrected chi connectivity index (χ0v) is 13.2. The maximum Gasteiger partial charge on any atom is 0.270 e. The monoisotopic (exact) mass is 332 g/mol. The van der Waals surface area contributed by atoms with E-state index in [-0.39, 0.29) is 15.6 Å². The second-order valence-corrected chi connectivity index (χ2v) is 7.65. The van der Waals surface area contributed by atoms with E-state index in [1.807, 2.05) is 0 Å². The van der Waals surface area contributed by atoms with Gasteiger partial charge in [0.2, 0.25) is 10.0 Å². The summed E-state index contributed by atoms with van der Waals surface area (Å²) in [6.45, 7) is 2.48. The lowest BCUT2D eigenvalue weighted by Gasteiger charge is -2.12. The van der Waals surface area contributed by atoms with E-state index in [1.54, 1.807) is 0 Å². The van der Waals surface area contributed by atoms with Gasteiger partial charge < -0.3 is 0 Å². The molecule has 1 aliphatic rings. The number of nitrogens with one attached hydrogen (secondary N) is 1. The largest absolute Gasteiger partial charge is 0.270 e. The SMILES string of the molecule is CC1CCC(CNS(=O)(=O)c2cc([N+](=O)[O-])ccc2Cl)C1. The number of benzene rings is 1. The van der Waals surface area contributed by atoms with E-state index in [0.29, 0.717) is 18.4 Å². The minimum absolute atomic E-state index is 0.0205. The third-order valence-corrected chi connectivity index (χ3v) is 5.69. The van der Waals surface area contributed by atoms with Gasteiger partial charge in [-0.15, -0.1) is 0 Å². The molecule has 0 radical (unpaired) electrons. The molecule has 1 fully saturated rings. The molecule has 1 aromatic rings. The molecule has 1 aromatic carbocycles. The van der Waals surface area contributed by atoms with Gasteiger partial charge in [-0.2, -0.15) is 0 Å². The molecule has 0 bridgehead atoms. The van der Waals surface area contributed by atoms with E-state index in [2.05, 4.69) is 11.6 Å². The molecule has 0 aliphatic heterocycles. The topological polar surface area (TPSA) is 89.3 Å². The van der Waals surface area contributed by atoms with Crippen LogP contribution in [0.5, 0.6) is 0 Å². The number of hydrogen-bond acceptors (Lipinski definition) is 4. The molecule has 116 valence electrons. The Hall–Kier alpha value is -1.18. The third-order valence-electron chi connectivity index (χ3n) is 3.78. The van der Waals surface area contributed by atoms with Crippen molar-refractivity contribution in [2.24, 2.45) is 11.8 Å². The summed E-state index contributed by atoms with van der Waals surface area (Å²) in [6, 6.07) is 3.40. The molecular weight excluding hydrogens is 316 g/mol. The minimum atomic E-state index is -3.84. The Morgan fingerprint density at radius 2 is 2.14 bits per heavy atom. The third kappa shape index (κ3) is 3.93. The van der Waals surface area contributed by atoms with Crippen LogP contribution in [0.2, 0.25) is 5.02 Å². The maximum absolute atomic E-state index is 12.2. The van der Waals surface area contributed by atoms with E-state index in [0.717, 1.165) is 25.3 Å². The Morgan fingerprint density at radius 1 is 1.43 bits per heavy atom. The van der Waals surface area contributed by atoms with Crippen LogP contribution >= 0.6 is 11.6 Å². The molecule has 2 unspecified atom stereocenters. The van der Waals surface area contributed by atoms with Gasteiger partial charge >= 0.3 is 0 Å². The molecule has 1 saturated carbocycles. The molecule has 1 N–H and O–H groups in total. The van der Waals surface area contributed by atoms with Gasteiger partial charge in [0, 0.05) is 18.7 Å². The van der Waals surface area contributed by atoms with Crippen LogP contribution in [-0.4, -0.2) is 19.9 Å². The quantitative estimate of drug-likeness (QED) is 0.663. The molecule has 1 aliphatic carbocycles. The summed E-state index contributed by atoms with van der Waals surface area (Å²) in [6.07, 6.45) is 3.08. The molecule has 0 heterocycles. The fourth-order valence-electron chi connectivity index (χ4n) is 2.63. The lowest BCUT2D eigenvalue weighted by molar-refractivity contribution is -0.385. The second-order valence-electron chi connectivity index (χ2n) is 5.51. The zero-order valence-electron chi connectivity index (χ0n) is 11.6. The summed E-state index contributed by atoms with van der Waals surface area (Å²) < 4.78 is 27.0. The summed E-state index contributed by atoms with van der Waals surface area (Å²) in [5.74, 6) is 0.924. The molecule has 6 nitrogen and oxygen atoms in total. The zero-order chi connectivity index (χ0) is 15.6.